The summed E-state index contributed by atoms with van der Waals surface area (Å²) >= 11 is 0. The number of rotatable bonds is 16. The Labute approximate surface area is 155 Å². The summed E-state index contributed by atoms with van der Waals surface area (Å²) in [4.78, 5) is 25.9. The van der Waals surface area contributed by atoms with Gasteiger partial charge in [0.15, 0.2) is 0 Å². The molecule has 1 atom stereocenters. The number of unbranched alkanes of at least 4 members (excludes halogenated alkanes) is 11. The molecule has 0 spiro atoms. The molecule has 1 unspecified atom stereocenters. The van der Waals surface area contributed by atoms with Crippen LogP contribution in [0, 0.1) is 0 Å². The first-order valence-electron chi connectivity index (χ1n) is 10.8. The van der Waals surface area contributed by atoms with Crippen molar-refractivity contribution in [2.45, 2.75) is 110 Å². The number of likely N-dealkylation sites (tertiary alicyclic amines) is 1. The third-order valence-corrected chi connectivity index (χ3v) is 5.15. The minimum atomic E-state index is -0.271. The monoisotopic (exact) mass is 352 g/mol. The van der Waals surface area contributed by atoms with Crippen LogP contribution >= 0.6 is 0 Å². The van der Waals surface area contributed by atoms with Crippen LogP contribution in [0.4, 0.5) is 0 Å². The van der Waals surface area contributed by atoms with Crippen LogP contribution in [0.15, 0.2) is 0 Å². The molecule has 0 saturated carbocycles. The molecule has 1 fully saturated rings. The van der Waals surface area contributed by atoms with Crippen LogP contribution in [0.3, 0.4) is 0 Å². The zero-order valence-corrected chi connectivity index (χ0v) is 16.7. The van der Waals surface area contributed by atoms with E-state index in [-0.39, 0.29) is 17.9 Å². The molecule has 146 valence electrons. The number of hydrogen-bond donors (Lipinski definition) is 1. The van der Waals surface area contributed by atoms with E-state index < -0.39 is 0 Å². The first kappa shape index (κ1) is 22.1. The van der Waals surface area contributed by atoms with Gasteiger partial charge in [0, 0.05) is 6.54 Å². The normalized spacial score (nSPS) is 17.7. The molecular weight excluding hydrogens is 312 g/mol. The molecule has 0 aromatic rings. The van der Waals surface area contributed by atoms with E-state index in [2.05, 4.69) is 19.2 Å². The van der Waals surface area contributed by atoms with Crippen LogP contribution in [0.2, 0.25) is 0 Å². The van der Waals surface area contributed by atoms with Crippen LogP contribution in [-0.4, -0.2) is 35.8 Å². The van der Waals surface area contributed by atoms with Crippen molar-refractivity contribution in [3.63, 3.8) is 0 Å². The number of carbonyl (C=O) groups excluding carboxylic acids is 2. The molecule has 1 heterocycles. The SMILES string of the molecule is CCCCCCCCCN1C(=O)CC(NCCCCCCCC)C1=O. The average Bonchev–Trinajstić information content (AvgIpc) is 2.87. The molecule has 25 heavy (non-hydrogen) atoms. The second kappa shape index (κ2) is 14.3. The maximum Gasteiger partial charge on any atom is 0.246 e. The minimum absolute atomic E-state index is 0.00182. The molecule has 1 saturated heterocycles. The van der Waals surface area contributed by atoms with E-state index in [0.29, 0.717) is 13.0 Å². The Morgan fingerprint density at radius 1 is 0.800 bits per heavy atom. The molecule has 1 N–H and O–H groups in total. The highest BCUT2D eigenvalue weighted by Gasteiger charge is 2.37. The number of nitrogens with zero attached hydrogens (tertiary/aromatic N) is 1. The van der Waals surface area contributed by atoms with E-state index in [0.717, 1.165) is 25.8 Å². The number of carbonyl (C=O) groups is 2. The average molecular weight is 353 g/mol. The topological polar surface area (TPSA) is 49.4 Å². The summed E-state index contributed by atoms with van der Waals surface area (Å²) < 4.78 is 0. The summed E-state index contributed by atoms with van der Waals surface area (Å²) in [5.74, 6) is 0.0124. The fourth-order valence-corrected chi connectivity index (χ4v) is 3.49. The van der Waals surface area contributed by atoms with Gasteiger partial charge in [0.05, 0.1) is 12.5 Å². The second-order valence-corrected chi connectivity index (χ2v) is 7.48. The van der Waals surface area contributed by atoms with E-state index in [1.165, 1.54) is 69.1 Å². The van der Waals surface area contributed by atoms with Gasteiger partial charge in [-0.3, -0.25) is 14.5 Å². The van der Waals surface area contributed by atoms with Gasteiger partial charge in [-0.15, -0.1) is 0 Å². The van der Waals surface area contributed by atoms with Crippen molar-refractivity contribution in [1.29, 1.82) is 0 Å². The Morgan fingerprint density at radius 3 is 1.92 bits per heavy atom. The molecular formula is C21H40N2O2. The summed E-state index contributed by atoms with van der Waals surface area (Å²) in [5.41, 5.74) is 0. The van der Waals surface area contributed by atoms with Crippen molar-refractivity contribution in [1.82, 2.24) is 10.2 Å². The predicted octanol–water partition coefficient (Wildman–Crippen LogP) is 4.81. The van der Waals surface area contributed by atoms with Gasteiger partial charge < -0.3 is 5.32 Å². The highest BCUT2D eigenvalue weighted by molar-refractivity contribution is 6.05. The van der Waals surface area contributed by atoms with Gasteiger partial charge >= 0.3 is 0 Å². The standard InChI is InChI=1S/C21H40N2O2/c1-3-5-7-9-11-13-15-17-23-20(24)18-19(21(23)25)22-16-14-12-10-8-6-4-2/h19,22H,3-18H2,1-2H3. The smallest absolute Gasteiger partial charge is 0.246 e. The fourth-order valence-electron chi connectivity index (χ4n) is 3.49. The number of imide groups is 1. The van der Waals surface area contributed by atoms with E-state index >= 15 is 0 Å². The van der Waals surface area contributed by atoms with Gasteiger partial charge in [0.2, 0.25) is 11.8 Å². The molecule has 4 nitrogen and oxygen atoms in total. The number of nitrogens with one attached hydrogen (secondary N) is 1. The highest BCUT2D eigenvalue weighted by Crippen LogP contribution is 2.15. The van der Waals surface area contributed by atoms with Gasteiger partial charge in [-0.05, 0) is 19.4 Å². The Morgan fingerprint density at radius 2 is 1.32 bits per heavy atom. The van der Waals surface area contributed by atoms with Crippen molar-refractivity contribution in [3.8, 4) is 0 Å². The fraction of sp³-hybridized carbons (Fsp3) is 0.905. The van der Waals surface area contributed by atoms with Crippen LogP contribution in [0.5, 0.6) is 0 Å². The first-order valence-corrected chi connectivity index (χ1v) is 10.8. The van der Waals surface area contributed by atoms with Gasteiger partial charge in [-0.25, -0.2) is 0 Å². The minimum Gasteiger partial charge on any atom is -0.305 e. The third kappa shape index (κ3) is 9.39. The zero-order valence-electron chi connectivity index (χ0n) is 16.7. The molecule has 0 aromatic carbocycles. The second-order valence-electron chi connectivity index (χ2n) is 7.48. The molecule has 4 heteroatoms. The molecule has 0 aromatic heterocycles. The van der Waals surface area contributed by atoms with Crippen LogP contribution in [-0.2, 0) is 9.59 Å². The van der Waals surface area contributed by atoms with Gasteiger partial charge in [0.1, 0.15) is 0 Å². The molecule has 2 amide bonds. The molecule has 1 aliphatic heterocycles. The summed E-state index contributed by atoms with van der Waals surface area (Å²) in [5, 5.41) is 3.30. The molecule has 0 aliphatic carbocycles. The lowest BCUT2D eigenvalue weighted by Gasteiger charge is -2.15. The number of hydrogen-bond acceptors (Lipinski definition) is 3. The van der Waals surface area contributed by atoms with Crippen molar-refractivity contribution >= 4 is 11.8 Å². The van der Waals surface area contributed by atoms with Crippen molar-refractivity contribution < 1.29 is 9.59 Å². The lowest BCUT2D eigenvalue weighted by Crippen LogP contribution is -2.39. The Balaban J connectivity index is 2.09. The summed E-state index contributed by atoms with van der Waals surface area (Å²) in [7, 11) is 0. The largest absolute Gasteiger partial charge is 0.305 e. The Hall–Kier alpha value is -0.900. The van der Waals surface area contributed by atoms with Crippen molar-refractivity contribution in [2.75, 3.05) is 13.1 Å². The van der Waals surface area contributed by atoms with Gasteiger partial charge in [-0.1, -0.05) is 84.5 Å². The molecule has 0 radical (unpaired) electrons. The van der Waals surface area contributed by atoms with Crippen LogP contribution in [0.1, 0.15) is 104 Å². The summed E-state index contributed by atoms with van der Waals surface area (Å²) in [6.07, 6.45) is 16.3. The Bertz CT molecular complexity index is 371. The maximum atomic E-state index is 12.4. The van der Waals surface area contributed by atoms with E-state index in [9.17, 15) is 9.59 Å². The van der Waals surface area contributed by atoms with Crippen LogP contribution in [0.25, 0.3) is 0 Å². The van der Waals surface area contributed by atoms with Gasteiger partial charge in [-0.2, -0.15) is 0 Å². The van der Waals surface area contributed by atoms with Gasteiger partial charge in [0.25, 0.3) is 0 Å². The lowest BCUT2D eigenvalue weighted by atomic mass is 10.1. The molecule has 1 aliphatic rings. The number of amides is 2. The maximum absolute atomic E-state index is 12.4. The zero-order chi connectivity index (χ0) is 18.3. The summed E-state index contributed by atoms with van der Waals surface area (Å²) in [6, 6.07) is -0.271. The molecule has 0 bridgehead atoms. The van der Waals surface area contributed by atoms with Crippen molar-refractivity contribution in [3.05, 3.63) is 0 Å². The highest BCUT2D eigenvalue weighted by atomic mass is 16.2. The third-order valence-electron chi connectivity index (χ3n) is 5.15. The van der Waals surface area contributed by atoms with E-state index in [4.69, 9.17) is 0 Å². The van der Waals surface area contributed by atoms with Crippen molar-refractivity contribution in [2.24, 2.45) is 0 Å². The molecule has 1 rings (SSSR count). The van der Waals surface area contributed by atoms with E-state index in [1.807, 2.05) is 0 Å². The first-order chi connectivity index (χ1) is 12.2. The van der Waals surface area contributed by atoms with Crippen LogP contribution < -0.4 is 5.32 Å². The quantitative estimate of drug-likeness (QED) is 0.320. The Kier molecular flexibility index (Phi) is 12.7. The van der Waals surface area contributed by atoms with E-state index in [1.54, 1.807) is 0 Å². The summed E-state index contributed by atoms with van der Waals surface area (Å²) in [6.45, 7) is 5.91. The lowest BCUT2D eigenvalue weighted by molar-refractivity contribution is -0.138. The predicted molar refractivity (Wildman–Crippen MR) is 104 cm³/mol.